The summed E-state index contributed by atoms with van der Waals surface area (Å²) in [6.45, 7) is 1.47. The molecule has 1 amide bonds. The van der Waals surface area contributed by atoms with Crippen LogP contribution in [-0.4, -0.2) is 16.0 Å². The maximum absolute atomic E-state index is 11.4. The molecule has 0 unspecified atom stereocenters. The number of hydrogen-bond acceptors (Lipinski definition) is 4. The first-order chi connectivity index (χ1) is 16.9. The van der Waals surface area contributed by atoms with Gasteiger partial charge in [0.25, 0.3) is 0 Å². The van der Waals surface area contributed by atoms with Gasteiger partial charge in [-0.05, 0) is 78.9 Å². The zero-order valence-electron chi connectivity index (χ0n) is 18.5. The van der Waals surface area contributed by atoms with Gasteiger partial charge in [-0.25, -0.2) is 0 Å². The average molecular weight is 523 g/mol. The number of amides is 1. The summed E-state index contributed by atoms with van der Waals surface area (Å²) in [6.07, 6.45) is 1.75. The largest absolute Gasteiger partial charge is 0.459 e. The molecule has 0 bridgehead atoms. The summed E-state index contributed by atoms with van der Waals surface area (Å²) in [5.41, 5.74) is 3.13. The van der Waals surface area contributed by atoms with Crippen molar-refractivity contribution in [3.63, 3.8) is 0 Å². The quantitative estimate of drug-likeness (QED) is 0.281. The summed E-state index contributed by atoms with van der Waals surface area (Å²) in [7, 11) is 0. The van der Waals surface area contributed by atoms with Crippen LogP contribution in [0.15, 0.2) is 83.4 Å². The van der Waals surface area contributed by atoms with Gasteiger partial charge in [-0.3, -0.25) is 9.78 Å². The van der Waals surface area contributed by atoms with E-state index in [1.54, 1.807) is 18.3 Å². The van der Waals surface area contributed by atoms with Crippen molar-refractivity contribution < 1.29 is 9.21 Å². The van der Waals surface area contributed by atoms with Crippen LogP contribution >= 0.6 is 35.4 Å². The van der Waals surface area contributed by atoms with E-state index < -0.39 is 0 Å². The van der Waals surface area contributed by atoms with Gasteiger partial charge in [-0.15, -0.1) is 0 Å². The van der Waals surface area contributed by atoms with Gasteiger partial charge < -0.3 is 20.0 Å². The number of aromatic nitrogens is 1. The van der Waals surface area contributed by atoms with E-state index in [2.05, 4.69) is 15.6 Å². The molecule has 2 aromatic carbocycles. The average Bonchev–Trinajstić information content (AvgIpc) is 3.44. The number of rotatable bonds is 5. The normalized spacial score (nSPS) is 17.3. The molecule has 0 spiro atoms. The van der Waals surface area contributed by atoms with E-state index in [9.17, 15) is 4.79 Å². The molecule has 2 atom stereocenters. The summed E-state index contributed by atoms with van der Waals surface area (Å²) in [5.74, 6) is 1.19. The maximum atomic E-state index is 11.4. The van der Waals surface area contributed by atoms with Gasteiger partial charge in [-0.2, -0.15) is 0 Å². The second-order valence-electron chi connectivity index (χ2n) is 8.05. The molecule has 0 radical (unpaired) electrons. The highest BCUT2D eigenvalue weighted by Crippen LogP contribution is 2.43. The zero-order chi connectivity index (χ0) is 24.5. The molecule has 0 aliphatic carbocycles. The molecule has 3 heterocycles. The van der Waals surface area contributed by atoms with E-state index in [1.807, 2.05) is 65.6 Å². The number of carbonyl (C=O) groups is 1. The number of anilines is 2. The van der Waals surface area contributed by atoms with E-state index >= 15 is 0 Å². The third kappa shape index (κ3) is 4.75. The minimum atomic E-state index is -0.316. The summed E-state index contributed by atoms with van der Waals surface area (Å²) in [5, 5.41) is 7.79. The van der Waals surface area contributed by atoms with Crippen molar-refractivity contribution in [2.24, 2.45) is 0 Å². The third-order valence-electron chi connectivity index (χ3n) is 5.68. The van der Waals surface area contributed by atoms with Crippen LogP contribution in [0.3, 0.4) is 0 Å². The molecule has 4 aromatic rings. The lowest BCUT2D eigenvalue weighted by molar-refractivity contribution is -0.114. The van der Waals surface area contributed by atoms with Gasteiger partial charge in [0.15, 0.2) is 5.11 Å². The molecule has 1 aliphatic rings. The number of halogens is 2. The maximum Gasteiger partial charge on any atom is 0.221 e. The molecular formula is C26H20Cl2N4O2S. The summed E-state index contributed by atoms with van der Waals surface area (Å²) in [6, 6.07) is 21.8. The summed E-state index contributed by atoms with van der Waals surface area (Å²) < 4.78 is 6.35. The Morgan fingerprint density at radius 2 is 1.89 bits per heavy atom. The molecule has 5 rings (SSSR count). The number of pyridine rings is 1. The van der Waals surface area contributed by atoms with Crippen LogP contribution in [0.1, 0.15) is 30.5 Å². The highest BCUT2D eigenvalue weighted by molar-refractivity contribution is 7.80. The van der Waals surface area contributed by atoms with Gasteiger partial charge in [-0.1, -0.05) is 29.3 Å². The van der Waals surface area contributed by atoms with Crippen LogP contribution in [0.2, 0.25) is 10.0 Å². The Labute approximate surface area is 217 Å². The molecule has 9 heteroatoms. The number of thiocarbonyl (C=S) groups is 1. The fourth-order valence-corrected chi connectivity index (χ4v) is 5.02. The predicted octanol–water partition coefficient (Wildman–Crippen LogP) is 6.78. The van der Waals surface area contributed by atoms with E-state index in [4.69, 9.17) is 39.8 Å². The van der Waals surface area contributed by atoms with E-state index in [0.717, 1.165) is 16.9 Å². The molecule has 0 saturated carbocycles. The fraction of sp³-hybridized carbons (Fsp3) is 0.115. The molecule has 1 aliphatic heterocycles. The lowest BCUT2D eigenvalue weighted by atomic mass is 10.0. The zero-order valence-corrected chi connectivity index (χ0v) is 20.9. The second kappa shape index (κ2) is 9.70. The van der Waals surface area contributed by atoms with Gasteiger partial charge in [0.1, 0.15) is 17.6 Å². The second-order valence-corrected chi connectivity index (χ2v) is 9.28. The fourth-order valence-electron chi connectivity index (χ4n) is 4.18. The first-order valence-corrected chi connectivity index (χ1v) is 12.0. The van der Waals surface area contributed by atoms with Crippen molar-refractivity contribution in [1.82, 2.24) is 10.3 Å². The van der Waals surface area contributed by atoms with Crippen molar-refractivity contribution in [2.45, 2.75) is 19.0 Å². The molecule has 176 valence electrons. The Bertz CT molecular complexity index is 1390. The summed E-state index contributed by atoms with van der Waals surface area (Å²) >= 11 is 18.3. The highest BCUT2D eigenvalue weighted by Gasteiger charge is 2.42. The van der Waals surface area contributed by atoms with Gasteiger partial charge in [0.2, 0.25) is 5.91 Å². The number of hydrogen-bond donors (Lipinski definition) is 2. The first kappa shape index (κ1) is 23.4. The number of nitrogens with zero attached hydrogens (tertiary/aromatic N) is 2. The van der Waals surface area contributed by atoms with Crippen LogP contribution in [0.4, 0.5) is 11.4 Å². The van der Waals surface area contributed by atoms with E-state index in [-0.39, 0.29) is 18.0 Å². The number of nitrogens with one attached hydrogen (secondary N) is 2. The monoisotopic (exact) mass is 522 g/mol. The van der Waals surface area contributed by atoms with Gasteiger partial charge >= 0.3 is 0 Å². The standard InChI is InChI=1S/C26H20Cl2N4O2S/c1-15(33)30-17-6-8-18(9-7-17)32-25(24(31-26(32)35)21-4-2-3-13-29-21)23-12-11-22(34-23)19-10-5-16(27)14-20(19)28/h2-14,24-25H,1H3,(H,30,33)(H,31,35)/t24-,25+/m1/s1. The predicted molar refractivity (Wildman–Crippen MR) is 143 cm³/mol. The van der Waals surface area contributed by atoms with Gasteiger partial charge in [0.05, 0.1) is 16.8 Å². The van der Waals surface area contributed by atoms with E-state index in [0.29, 0.717) is 32.4 Å². The molecule has 6 nitrogen and oxygen atoms in total. The Balaban J connectivity index is 1.56. The molecule has 2 aromatic heterocycles. The Hall–Kier alpha value is -3.39. The van der Waals surface area contributed by atoms with Crippen molar-refractivity contribution in [3.8, 4) is 11.3 Å². The number of furan rings is 1. The number of benzene rings is 2. The molecule has 35 heavy (non-hydrogen) atoms. The topological polar surface area (TPSA) is 70.4 Å². The Kier molecular flexibility index (Phi) is 6.47. The van der Waals surface area contributed by atoms with Crippen molar-refractivity contribution in [1.29, 1.82) is 0 Å². The lowest BCUT2D eigenvalue weighted by Gasteiger charge is -2.26. The molecule has 1 fully saturated rings. The van der Waals surface area contributed by atoms with Crippen LogP contribution in [0.5, 0.6) is 0 Å². The van der Waals surface area contributed by atoms with Crippen LogP contribution in [-0.2, 0) is 4.79 Å². The first-order valence-electron chi connectivity index (χ1n) is 10.8. The van der Waals surface area contributed by atoms with Crippen LogP contribution < -0.4 is 15.5 Å². The van der Waals surface area contributed by atoms with E-state index in [1.165, 1.54) is 6.92 Å². The summed E-state index contributed by atoms with van der Waals surface area (Å²) in [4.78, 5) is 18.0. The third-order valence-corrected chi connectivity index (χ3v) is 6.54. The van der Waals surface area contributed by atoms with Crippen molar-refractivity contribution in [2.75, 3.05) is 10.2 Å². The minimum absolute atomic E-state index is 0.131. The lowest BCUT2D eigenvalue weighted by Crippen LogP contribution is -2.29. The molecule has 1 saturated heterocycles. The Morgan fingerprint density at radius 3 is 2.57 bits per heavy atom. The SMILES string of the molecule is CC(=O)Nc1ccc(N2C(=S)N[C@H](c3ccccn3)[C@@H]2c2ccc(-c3ccc(Cl)cc3Cl)o2)cc1. The number of carbonyl (C=O) groups excluding carboxylic acids is 1. The minimum Gasteiger partial charge on any atom is -0.459 e. The van der Waals surface area contributed by atoms with Crippen molar-refractivity contribution in [3.05, 3.63) is 100 Å². The smallest absolute Gasteiger partial charge is 0.221 e. The highest BCUT2D eigenvalue weighted by atomic mass is 35.5. The van der Waals surface area contributed by atoms with Crippen LogP contribution in [0, 0.1) is 0 Å². The van der Waals surface area contributed by atoms with Crippen molar-refractivity contribution >= 4 is 57.8 Å². The van der Waals surface area contributed by atoms with Crippen LogP contribution in [0.25, 0.3) is 11.3 Å². The Morgan fingerprint density at radius 1 is 1.09 bits per heavy atom. The van der Waals surface area contributed by atoms with Gasteiger partial charge in [0, 0.05) is 35.1 Å². The molecule has 2 N–H and O–H groups in total. The molecular weight excluding hydrogens is 503 g/mol.